The third-order valence-corrected chi connectivity index (χ3v) is 5.19. The van der Waals surface area contributed by atoms with E-state index in [1.165, 1.54) is 11.3 Å². The van der Waals surface area contributed by atoms with Crippen LogP contribution in [-0.4, -0.2) is 23.3 Å². The van der Waals surface area contributed by atoms with E-state index in [2.05, 4.69) is 4.98 Å². The second-order valence-electron chi connectivity index (χ2n) is 5.71. The number of hydrogen-bond acceptors (Lipinski definition) is 4. The van der Waals surface area contributed by atoms with E-state index in [1.807, 2.05) is 42.6 Å². The Morgan fingerprint density at radius 2 is 1.96 bits per heavy atom. The summed E-state index contributed by atoms with van der Waals surface area (Å²) < 4.78 is 5.18. The lowest BCUT2D eigenvalue weighted by molar-refractivity contribution is 0.0521. The normalized spacial score (nSPS) is 12.2. The average molecular weight is 337 g/mol. The summed E-state index contributed by atoms with van der Waals surface area (Å²) in [6, 6.07) is 9.45. The van der Waals surface area contributed by atoms with Crippen molar-refractivity contribution in [2.24, 2.45) is 0 Å². The maximum absolute atomic E-state index is 12.9. The van der Waals surface area contributed by atoms with Crippen molar-refractivity contribution in [1.29, 1.82) is 0 Å². The fourth-order valence-electron chi connectivity index (χ4n) is 3.13. The van der Waals surface area contributed by atoms with Crippen LogP contribution < -0.4 is 0 Å². The van der Waals surface area contributed by atoms with Crippen LogP contribution in [0.1, 0.15) is 38.9 Å². The number of aromatic nitrogens is 1. The monoisotopic (exact) mass is 337 g/mol. The molecule has 4 nitrogen and oxygen atoms in total. The van der Waals surface area contributed by atoms with Crippen LogP contribution in [-0.2, 0) is 4.74 Å². The lowest BCUT2D eigenvalue weighted by atomic mass is 10.0. The van der Waals surface area contributed by atoms with Crippen LogP contribution in [0.3, 0.4) is 0 Å². The van der Waals surface area contributed by atoms with Gasteiger partial charge in [-0.25, -0.2) is 4.79 Å². The van der Waals surface area contributed by atoms with Gasteiger partial charge in [-0.3, -0.25) is 4.79 Å². The van der Waals surface area contributed by atoms with Crippen LogP contribution in [0, 0.1) is 6.92 Å². The molecule has 0 unspecified atom stereocenters. The number of benzene rings is 1. The zero-order chi connectivity index (χ0) is 16.8. The molecule has 0 radical (unpaired) electrons. The molecule has 24 heavy (non-hydrogen) atoms. The molecule has 0 spiro atoms. The molecule has 0 aliphatic heterocycles. The first kappa shape index (κ1) is 14.9. The van der Waals surface area contributed by atoms with Crippen LogP contribution in [0.2, 0.25) is 0 Å². The van der Waals surface area contributed by atoms with E-state index >= 15 is 0 Å². The van der Waals surface area contributed by atoms with E-state index in [1.54, 1.807) is 6.92 Å². The Morgan fingerprint density at radius 3 is 2.62 bits per heavy atom. The Morgan fingerprint density at radius 1 is 1.21 bits per heavy atom. The third-order valence-electron chi connectivity index (χ3n) is 4.12. The number of carbonyl (C=O) groups excluding carboxylic acids is 2. The van der Waals surface area contributed by atoms with E-state index in [4.69, 9.17) is 4.74 Å². The number of thiophene rings is 1. The summed E-state index contributed by atoms with van der Waals surface area (Å²) in [4.78, 5) is 29.4. The minimum Gasteiger partial charge on any atom is -0.461 e. The molecule has 0 amide bonds. The lowest BCUT2D eigenvalue weighted by Gasteiger charge is -2.05. The molecule has 0 fully saturated rings. The summed E-state index contributed by atoms with van der Waals surface area (Å²) in [6.45, 7) is 4.05. The number of hydrogen-bond donors (Lipinski definition) is 1. The molecule has 5 heteroatoms. The molecule has 2 heterocycles. The zero-order valence-electron chi connectivity index (χ0n) is 13.3. The summed E-state index contributed by atoms with van der Waals surface area (Å²) in [5.41, 5.74) is 4.89. The number of esters is 1. The minimum absolute atomic E-state index is 0.0477. The van der Waals surface area contributed by atoms with Crippen molar-refractivity contribution < 1.29 is 14.3 Å². The Kier molecular flexibility index (Phi) is 3.39. The summed E-state index contributed by atoms with van der Waals surface area (Å²) in [5.74, 6) is -0.480. The van der Waals surface area contributed by atoms with E-state index in [0.29, 0.717) is 28.1 Å². The van der Waals surface area contributed by atoms with E-state index in [0.717, 1.165) is 16.0 Å². The quantitative estimate of drug-likeness (QED) is 0.562. The zero-order valence-corrected chi connectivity index (χ0v) is 14.1. The number of H-pyrrole nitrogens is 1. The van der Waals surface area contributed by atoms with Gasteiger partial charge in [0, 0.05) is 21.6 Å². The number of nitrogens with one attached hydrogen (secondary N) is 1. The van der Waals surface area contributed by atoms with Crippen LogP contribution in [0.15, 0.2) is 35.7 Å². The molecule has 120 valence electrons. The van der Waals surface area contributed by atoms with Crippen molar-refractivity contribution in [2.75, 3.05) is 6.61 Å². The van der Waals surface area contributed by atoms with Crippen LogP contribution >= 0.6 is 11.3 Å². The largest absolute Gasteiger partial charge is 0.461 e. The molecule has 4 rings (SSSR count). The summed E-state index contributed by atoms with van der Waals surface area (Å²) in [6.07, 6.45) is 0. The van der Waals surface area contributed by atoms with E-state index < -0.39 is 5.97 Å². The highest BCUT2D eigenvalue weighted by Gasteiger charge is 2.35. The number of ketones is 1. The maximum Gasteiger partial charge on any atom is 0.355 e. The highest BCUT2D eigenvalue weighted by Crippen LogP contribution is 2.44. The summed E-state index contributed by atoms with van der Waals surface area (Å²) in [5, 5.41) is 2.01. The molecule has 1 aliphatic rings. The topological polar surface area (TPSA) is 59.2 Å². The number of rotatable bonds is 3. The second-order valence-corrected chi connectivity index (χ2v) is 6.62. The van der Waals surface area contributed by atoms with Gasteiger partial charge in [0.25, 0.3) is 0 Å². The highest BCUT2D eigenvalue weighted by molar-refractivity contribution is 7.13. The van der Waals surface area contributed by atoms with Gasteiger partial charge in [0.2, 0.25) is 0 Å². The van der Waals surface area contributed by atoms with Gasteiger partial charge in [-0.05, 0) is 30.9 Å². The van der Waals surface area contributed by atoms with Gasteiger partial charge in [0.05, 0.1) is 17.9 Å². The highest BCUT2D eigenvalue weighted by atomic mass is 32.1. The van der Waals surface area contributed by atoms with Gasteiger partial charge in [-0.1, -0.05) is 24.3 Å². The Labute approximate surface area is 143 Å². The van der Waals surface area contributed by atoms with Crippen molar-refractivity contribution in [1.82, 2.24) is 4.98 Å². The molecule has 0 saturated carbocycles. The van der Waals surface area contributed by atoms with Crippen molar-refractivity contribution in [3.8, 4) is 21.7 Å². The Balaban J connectivity index is 2.00. The molecule has 0 saturated heterocycles. The predicted molar refractivity (Wildman–Crippen MR) is 93.7 cm³/mol. The van der Waals surface area contributed by atoms with Crippen molar-refractivity contribution in [2.45, 2.75) is 13.8 Å². The number of fused-ring (bicyclic) bond motifs is 3. The summed E-state index contributed by atoms with van der Waals surface area (Å²) in [7, 11) is 0. The molecule has 1 aliphatic carbocycles. The SMILES string of the molecule is CCOC(=O)c1[nH]c2c(c1-c1cc(C)cs1)C(=O)c1ccccc1-2. The van der Waals surface area contributed by atoms with Gasteiger partial charge < -0.3 is 9.72 Å². The number of aromatic amines is 1. The first-order valence-corrected chi connectivity index (χ1v) is 8.62. The van der Waals surface area contributed by atoms with Gasteiger partial charge in [0.1, 0.15) is 5.69 Å². The van der Waals surface area contributed by atoms with Gasteiger partial charge in [0.15, 0.2) is 5.78 Å². The van der Waals surface area contributed by atoms with E-state index in [9.17, 15) is 9.59 Å². The van der Waals surface area contributed by atoms with Crippen LogP contribution in [0.5, 0.6) is 0 Å². The lowest BCUT2D eigenvalue weighted by Crippen LogP contribution is -2.07. The number of ether oxygens (including phenoxy) is 1. The Hall–Kier alpha value is -2.66. The number of carbonyl (C=O) groups is 2. The maximum atomic E-state index is 12.9. The minimum atomic E-state index is -0.432. The van der Waals surface area contributed by atoms with Gasteiger partial charge >= 0.3 is 5.97 Å². The van der Waals surface area contributed by atoms with Crippen molar-refractivity contribution in [3.63, 3.8) is 0 Å². The second kappa shape index (κ2) is 5.46. The van der Waals surface area contributed by atoms with E-state index in [-0.39, 0.29) is 12.4 Å². The predicted octanol–water partition coefficient (Wildman–Crippen LogP) is 4.44. The smallest absolute Gasteiger partial charge is 0.355 e. The molecular formula is C19H15NO3S. The number of aryl methyl sites for hydroxylation is 1. The third kappa shape index (κ3) is 2.05. The molecule has 0 atom stereocenters. The fourth-order valence-corrected chi connectivity index (χ4v) is 4.08. The Bertz CT molecular complexity index is 980. The van der Waals surface area contributed by atoms with Crippen molar-refractivity contribution >= 4 is 23.1 Å². The van der Waals surface area contributed by atoms with Gasteiger partial charge in [-0.2, -0.15) is 0 Å². The molecule has 1 N–H and O–H groups in total. The molecule has 1 aromatic carbocycles. The fraction of sp³-hybridized carbons (Fsp3) is 0.158. The molecular weight excluding hydrogens is 322 g/mol. The first-order chi connectivity index (χ1) is 11.6. The first-order valence-electron chi connectivity index (χ1n) is 7.74. The molecule has 2 aromatic heterocycles. The average Bonchev–Trinajstić information content (AvgIpc) is 3.23. The van der Waals surface area contributed by atoms with Crippen LogP contribution in [0.4, 0.5) is 0 Å². The molecule has 0 bridgehead atoms. The van der Waals surface area contributed by atoms with Crippen molar-refractivity contribution in [3.05, 3.63) is 58.1 Å². The van der Waals surface area contributed by atoms with Crippen LogP contribution in [0.25, 0.3) is 21.7 Å². The standard InChI is InChI=1S/C19H15NO3S/c1-3-23-19(22)17-14(13-8-10(2)9-24-13)15-16(20-17)11-6-4-5-7-12(11)18(15)21/h4-9,20H,3H2,1-2H3. The summed E-state index contributed by atoms with van der Waals surface area (Å²) >= 11 is 1.52. The van der Waals surface area contributed by atoms with Gasteiger partial charge in [-0.15, -0.1) is 11.3 Å². The molecule has 3 aromatic rings.